The van der Waals surface area contributed by atoms with Gasteiger partial charge in [-0.1, -0.05) is 28.5 Å². The second-order valence-corrected chi connectivity index (χ2v) is 10.1. The first-order chi connectivity index (χ1) is 15.0. The number of allylic oxidation sites excluding steroid dienone is 2. The van der Waals surface area contributed by atoms with E-state index >= 15 is 0 Å². The number of rotatable bonds is 6. The molecule has 1 N–H and O–H groups in total. The summed E-state index contributed by atoms with van der Waals surface area (Å²) in [5.74, 6) is 0.770. The van der Waals surface area contributed by atoms with Crippen LogP contribution in [0.2, 0.25) is 0 Å². The maximum Gasteiger partial charge on any atom is 0.214 e. The summed E-state index contributed by atoms with van der Waals surface area (Å²) in [6.45, 7) is 10.5. The molecule has 2 atom stereocenters. The van der Waals surface area contributed by atoms with Crippen LogP contribution in [0.15, 0.2) is 41.4 Å². The minimum atomic E-state index is -0.0446. The number of aliphatic imine (C=N–C) groups is 1. The number of imidazole rings is 1. The third-order valence-corrected chi connectivity index (χ3v) is 7.70. The summed E-state index contributed by atoms with van der Waals surface area (Å²) in [4.78, 5) is 23.2. The number of aryl methyl sites for hydroxylation is 1. The first-order valence-electron chi connectivity index (χ1n) is 11.1. The lowest BCUT2D eigenvalue weighted by Crippen LogP contribution is -2.33. The number of amides is 1. The third kappa shape index (κ3) is 4.65. The van der Waals surface area contributed by atoms with Crippen molar-refractivity contribution < 1.29 is 4.79 Å². The van der Waals surface area contributed by atoms with Crippen molar-refractivity contribution in [1.82, 2.24) is 19.6 Å². The number of hydrogen-bond acceptors (Lipinski definition) is 4. The molecule has 0 spiro atoms. The molecule has 2 aromatic heterocycles. The molecule has 1 amide bonds. The number of carbonyl (C=O) groups is 1. The van der Waals surface area contributed by atoms with Crippen LogP contribution >= 0.6 is 8.58 Å². The predicted octanol–water partition coefficient (Wildman–Crippen LogP) is 4.52. The number of carbonyl (C=O) groups excluding carboxylic acids is 1. The summed E-state index contributed by atoms with van der Waals surface area (Å²) in [6, 6.07) is 2.26. The summed E-state index contributed by atoms with van der Waals surface area (Å²) in [7, 11) is 0.420. The number of pyridine rings is 1. The highest BCUT2D eigenvalue weighted by molar-refractivity contribution is 7.52. The Hall–Kier alpha value is -2.30. The van der Waals surface area contributed by atoms with Crippen molar-refractivity contribution in [3.63, 3.8) is 0 Å². The van der Waals surface area contributed by atoms with E-state index < -0.39 is 0 Å². The van der Waals surface area contributed by atoms with E-state index in [1.165, 1.54) is 16.4 Å². The number of piperidine rings is 1. The highest BCUT2D eigenvalue weighted by atomic mass is 31.1. The van der Waals surface area contributed by atoms with Crippen molar-refractivity contribution in [2.45, 2.75) is 52.2 Å². The zero-order valence-electron chi connectivity index (χ0n) is 18.8. The van der Waals surface area contributed by atoms with Gasteiger partial charge >= 0.3 is 0 Å². The number of fused-ring (bicyclic) bond motifs is 1. The zero-order valence-corrected chi connectivity index (χ0v) is 19.8. The Balaban J connectivity index is 1.59. The molecule has 4 heterocycles. The van der Waals surface area contributed by atoms with Gasteiger partial charge in [-0.05, 0) is 68.2 Å². The van der Waals surface area contributed by atoms with Gasteiger partial charge < -0.3 is 14.6 Å². The fourth-order valence-electron chi connectivity index (χ4n) is 4.35. The summed E-state index contributed by atoms with van der Waals surface area (Å²) in [6.07, 6.45) is 13.4. The third-order valence-electron chi connectivity index (χ3n) is 6.07. The summed E-state index contributed by atoms with van der Waals surface area (Å²) in [5.41, 5.74) is 5.51. The molecule has 0 saturated carbocycles. The Labute approximate surface area is 186 Å². The van der Waals surface area contributed by atoms with Crippen molar-refractivity contribution in [1.29, 1.82) is 0 Å². The van der Waals surface area contributed by atoms with E-state index in [0.29, 0.717) is 20.4 Å². The first-order valence-corrected chi connectivity index (χ1v) is 12.2. The molecular formula is C24H32N5OP. The monoisotopic (exact) mass is 437 g/mol. The van der Waals surface area contributed by atoms with Crippen LogP contribution < -0.4 is 5.32 Å². The summed E-state index contributed by atoms with van der Waals surface area (Å²) < 4.78 is 2.13. The fraction of sp³-hybridized carbons (Fsp3) is 0.458. The van der Waals surface area contributed by atoms with E-state index in [0.717, 1.165) is 49.4 Å². The molecule has 4 rings (SSSR count). The van der Waals surface area contributed by atoms with Gasteiger partial charge in [0.05, 0.1) is 17.2 Å². The minimum absolute atomic E-state index is 0.0446. The molecule has 164 valence electrons. The lowest BCUT2D eigenvalue weighted by atomic mass is 9.95. The largest absolute Gasteiger partial charge is 0.317 e. The van der Waals surface area contributed by atoms with Crippen molar-refractivity contribution in [3.05, 3.63) is 53.3 Å². The van der Waals surface area contributed by atoms with E-state index in [9.17, 15) is 4.79 Å². The number of aromatic nitrogens is 2. The summed E-state index contributed by atoms with van der Waals surface area (Å²) >= 11 is 0. The second-order valence-electron chi connectivity index (χ2n) is 8.65. The van der Waals surface area contributed by atoms with Gasteiger partial charge in [-0.25, -0.2) is 4.98 Å². The van der Waals surface area contributed by atoms with Gasteiger partial charge in [0.2, 0.25) is 6.41 Å². The Bertz CT molecular complexity index is 1050. The molecule has 2 aliphatic heterocycles. The molecule has 0 bridgehead atoms. The normalized spacial score (nSPS) is 20.9. The molecule has 2 aliphatic rings. The van der Waals surface area contributed by atoms with Gasteiger partial charge in [0.25, 0.3) is 0 Å². The molecule has 0 radical (unpaired) electrons. The first kappa shape index (κ1) is 21.9. The van der Waals surface area contributed by atoms with Gasteiger partial charge in [-0.2, -0.15) is 0 Å². The van der Waals surface area contributed by atoms with Gasteiger partial charge in [0, 0.05) is 30.7 Å². The molecule has 2 aromatic rings. The van der Waals surface area contributed by atoms with E-state index in [-0.39, 0.29) is 5.78 Å². The zero-order chi connectivity index (χ0) is 22.0. The maximum atomic E-state index is 11.9. The van der Waals surface area contributed by atoms with E-state index in [1.54, 1.807) is 4.90 Å². The molecule has 0 aromatic carbocycles. The number of hydrogen-bond donors (Lipinski definition) is 1. The van der Waals surface area contributed by atoms with Gasteiger partial charge in [0.1, 0.15) is 5.65 Å². The van der Waals surface area contributed by atoms with Crippen LogP contribution in [0.3, 0.4) is 0 Å². The summed E-state index contributed by atoms with van der Waals surface area (Å²) in [5, 5.41) is 4.62. The van der Waals surface area contributed by atoms with Crippen LogP contribution in [0.4, 0.5) is 0 Å². The molecule has 7 heteroatoms. The molecule has 1 fully saturated rings. The van der Waals surface area contributed by atoms with Crippen LogP contribution in [-0.4, -0.2) is 45.8 Å². The van der Waals surface area contributed by atoms with Crippen LogP contribution in [0.1, 0.15) is 56.4 Å². The van der Waals surface area contributed by atoms with E-state index in [4.69, 9.17) is 9.98 Å². The van der Waals surface area contributed by atoms with Crippen LogP contribution in [-0.2, 0) is 4.79 Å². The van der Waals surface area contributed by atoms with Gasteiger partial charge in [0.15, 0.2) is 0 Å². The number of nitrogens with one attached hydrogen (secondary N) is 1. The molecule has 0 aliphatic carbocycles. The Kier molecular flexibility index (Phi) is 6.68. The topological polar surface area (TPSA) is 62.0 Å². The number of nitrogens with zero attached hydrogens (tertiary/aromatic N) is 4. The molecule has 2 unspecified atom stereocenters. The second kappa shape index (κ2) is 9.46. The highest BCUT2D eigenvalue weighted by Crippen LogP contribution is 2.41. The van der Waals surface area contributed by atoms with E-state index in [1.807, 2.05) is 19.3 Å². The Morgan fingerprint density at radius 2 is 2.06 bits per heavy atom. The maximum absolute atomic E-state index is 11.9. The molecular weight excluding hydrogens is 405 g/mol. The van der Waals surface area contributed by atoms with E-state index in [2.05, 4.69) is 55.0 Å². The average Bonchev–Trinajstić information content (AvgIpc) is 3.17. The lowest BCUT2D eigenvalue weighted by Gasteiger charge is -2.31. The van der Waals surface area contributed by atoms with Crippen molar-refractivity contribution in [3.8, 4) is 0 Å². The quantitative estimate of drug-likeness (QED) is 0.534. The van der Waals surface area contributed by atoms with Crippen molar-refractivity contribution >= 4 is 32.2 Å². The van der Waals surface area contributed by atoms with Crippen LogP contribution in [0.5, 0.6) is 0 Å². The average molecular weight is 438 g/mol. The van der Waals surface area contributed by atoms with Crippen molar-refractivity contribution in [2.75, 3.05) is 13.1 Å². The molecule has 6 nitrogen and oxygen atoms in total. The highest BCUT2D eigenvalue weighted by Gasteiger charge is 2.25. The van der Waals surface area contributed by atoms with Gasteiger partial charge in [-0.3, -0.25) is 9.79 Å². The minimum Gasteiger partial charge on any atom is -0.317 e. The van der Waals surface area contributed by atoms with Crippen LogP contribution in [0.25, 0.3) is 11.0 Å². The standard InChI is InChI=1S/C24H32N5OP/c1-5-22(19-10-20(16(2)3)24-27-17(4)12-28(24)13-19)31-23-11-26-21(14-29(23)15-30)18-6-8-25-9-7-18/h5,10-16,18,23,25,31H,6-9H2,1-4H3/b22-5-. The van der Waals surface area contributed by atoms with Crippen LogP contribution in [0, 0.1) is 12.8 Å². The Morgan fingerprint density at radius 3 is 2.74 bits per heavy atom. The SMILES string of the molecule is C/C=C(\PC1C=NC(C2CCNCC2)=CN1C=O)c1cc(C(C)C)c2nc(C)cn2c1. The Morgan fingerprint density at radius 1 is 1.29 bits per heavy atom. The lowest BCUT2D eigenvalue weighted by molar-refractivity contribution is -0.115. The smallest absolute Gasteiger partial charge is 0.214 e. The van der Waals surface area contributed by atoms with Gasteiger partial charge in [-0.15, -0.1) is 0 Å². The predicted molar refractivity (Wildman–Crippen MR) is 130 cm³/mol. The molecule has 31 heavy (non-hydrogen) atoms. The fourth-order valence-corrected chi connectivity index (χ4v) is 5.57. The van der Waals surface area contributed by atoms with Crippen molar-refractivity contribution in [2.24, 2.45) is 10.9 Å². The molecule has 1 saturated heterocycles.